The van der Waals surface area contributed by atoms with Gasteiger partial charge in [0.05, 0.1) is 5.75 Å². The predicted molar refractivity (Wildman–Crippen MR) is 86.8 cm³/mol. The van der Waals surface area contributed by atoms with E-state index < -0.39 is 20.6 Å². The highest BCUT2D eigenvalue weighted by molar-refractivity contribution is 8.13. The second kappa shape index (κ2) is 7.99. The number of amides is 1. The summed E-state index contributed by atoms with van der Waals surface area (Å²) in [6.45, 7) is 1.26. The van der Waals surface area contributed by atoms with Crippen LogP contribution in [-0.4, -0.2) is 40.0 Å². The summed E-state index contributed by atoms with van der Waals surface area (Å²) in [5, 5.41) is 2.65. The largest absolute Gasteiger partial charge is 0.445 e. The van der Waals surface area contributed by atoms with E-state index >= 15 is 0 Å². The zero-order valence-corrected chi connectivity index (χ0v) is 14.2. The Labute approximate surface area is 140 Å². The first-order valence-electron chi connectivity index (χ1n) is 7.33. The maximum atomic E-state index is 11.8. The van der Waals surface area contributed by atoms with E-state index in [1.807, 2.05) is 30.3 Å². The van der Waals surface area contributed by atoms with Gasteiger partial charge in [0, 0.05) is 35.9 Å². The van der Waals surface area contributed by atoms with Crippen molar-refractivity contribution < 1.29 is 22.7 Å². The van der Waals surface area contributed by atoms with E-state index in [1.165, 1.54) is 0 Å². The Morgan fingerprint density at radius 3 is 2.52 bits per heavy atom. The molecule has 0 bridgehead atoms. The minimum atomic E-state index is -3.66. The molecule has 2 rings (SSSR count). The van der Waals surface area contributed by atoms with Gasteiger partial charge in [-0.3, -0.25) is 0 Å². The minimum absolute atomic E-state index is 0.163. The van der Waals surface area contributed by atoms with Crippen LogP contribution in [0.5, 0.6) is 0 Å². The summed E-state index contributed by atoms with van der Waals surface area (Å²) < 4.78 is 33.3. The van der Waals surface area contributed by atoms with Gasteiger partial charge >= 0.3 is 6.09 Å². The first kappa shape index (κ1) is 18.0. The molecule has 1 aromatic rings. The molecule has 0 unspecified atom stereocenters. The molecule has 0 radical (unpaired) electrons. The number of hydrogen-bond acceptors (Lipinski definition) is 5. The Morgan fingerprint density at radius 1 is 1.26 bits per heavy atom. The van der Waals surface area contributed by atoms with Gasteiger partial charge in [-0.2, -0.15) is 0 Å². The molecule has 1 aliphatic heterocycles. The van der Waals surface area contributed by atoms with Crippen LogP contribution in [0.15, 0.2) is 30.3 Å². The molecule has 1 amide bonds. The number of alkyl carbamates (subject to hydrolysis) is 1. The van der Waals surface area contributed by atoms with Crippen LogP contribution < -0.4 is 5.32 Å². The molecule has 0 spiro atoms. The van der Waals surface area contributed by atoms with Gasteiger partial charge < -0.3 is 14.8 Å². The van der Waals surface area contributed by atoms with Crippen LogP contribution in [0.25, 0.3) is 0 Å². The van der Waals surface area contributed by atoms with Crippen LogP contribution >= 0.6 is 10.7 Å². The summed E-state index contributed by atoms with van der Waals surface area (Å²) in [5.74, 6) is -0.191. The first-order chi connectivity index (χ1) is 10.9. The predicted octanol–water partition coefficient (Wildman–Crippen LogP) is 2.28. The van der Waals surface area contributed by atoms with Crippen LogP contribution in [0.2, 0.25) is 0 Å². The molecular weight excluding hydrogens is 342 g/mol. The number of benzene rings is 1. The third-order valence-electron chi connectivity index (χ3n) is 3.85. The third-order valence-corrected chi connectivity index (χ3v) is 5.14. The van der Waals surface area contributed by atoms with Crippen molar-refractivity contribution in [1.82, 2.24) is 5.32 Å². The number of rotatable bonds is 6. The van der Waals surface area contributed by atoms with E-state index in [0.717, 1.165) is 5.56 Å². The number of ether oxygens (including phenoxy) is 2. The second-order valence-corrected chi connectivity index (χ2v) is 8.49. The summed E-state index contributed by atoms with van der Waals surface area (Å²) in [7, 11) is 1.74. The fraction of sp³-hybridized carbons (Fsp3) is 0.533. The van der Waals surface area contributed by atoms with Crippen molar-refractivity contribution in [3.8, 4) is 0 Å². The molecule has 0 aromatic heterocycles. The summed E-state index contributed by atoms with van der Waals surface area (Å²) in [5.41, 5.74) is 0.275. The van der Waals surface area contributed by atoms with Crippen molar-refractivity contribution >= 4 is 25.8 Å². The molecule has 1 saturated heterocycles. The smallest absolute Gasteiger partial charge is 0.407 e. The van der Waals surface area contributed by atoms with Crippen molar-refractivity contribution in [2.75, 3.05) is 25.5 Å². The van der Waals surface area contributed by atoms with Gasteiger partial charge in [0.15, 0.2) is 0 Å². The van der Waals surface area contributed by atoms with E-state index in [0.29, 0.717) is 26.1 Å². The summed E-state index contributed by atoms with van der Waals surface area (Å²) in [6.07, 6.45) is 0.474. The molecule has 1 aromatic carbocycles. The number of hydrogen-bond donors (Lipinski definition) is 1. The molecule has 8 heteroatoms. The number of carbonyl (C=O) groups excluding carboxylic acids is 1. The van der Waals surface area contributed by atoms with E-state index in [9.17, 15) is 13.2 Å². The third kappa shape index (κ3) is 6.37. The summed E-state index contributed by atoms with van der Waals surface area (Å²) in [4.78, 5) is 11.8. The van der Waals surface area contributed by atoms with Gasteiger partial charge in [0.25, 0.3) is 0 Å². The molecule has 1 heterocycles. The minimum Gasteiger partial charge on any atom is -0.445 e. The Balaban J connectivity index is 1.86. The van der Waals surface area contributed by atoms with E-state index in [-0.39, 0.29) is 18.9 Å². The monoisotopic (exact) mass is 361 g/mol. The highest BCUT2D eigenvalue weighted by atomic mass is 35.7. The SMILES string of the molecule is O=C(NCC1(CS(=O)(=O)Cl)CCOCC1)OCc1ccccc1. The topological polar surface area (TPSA) is 81.7 Å². The van der Waals surface area contributed by atoms with Crippen molar-refractivity contribution in [1.29, 1.82) is 0 Å². The number of carbonyl (C=O) groups is 1. The van der Waals surface area contributed by atoms with Gasteiger partial charge in [0.2, 0.25) is 9.05 Å². The standard InChI is InChI=1S/C15H20ClNO5S/c16-23(19,20)12-15(6-8-21-9-7-15)11-17-14(18)22-10-13-4-2-1-3-5-13/h1-5H,6-12H2,(H,17,18). The zero-order chi connectivity index (χ0) is 16.8. The van der Waals surface area contributed by atoms with Gasteiger partial charge in [-0.1, -0.05) is 30.3 Å². The van der Waals surface area contributed by atoms with Crippen LogP contribution in [0.4, 0.5) is 4.79 Å². The van der Waals surface area contributed by atoms with Gasteiger partial charge in [-0.05, 0) is 18.4 Å². The van der Waals surface area contributed by atoms with Crippen molar-refractivity contribution in [2.24, 2.45) is 5.41 Å². The lowest BCUT2D eigenvalue weighted by atomic mass is 9.82. The molecular formula is C15H20ClNO5S. The molecule has 0 atom stereocenters. The molecule has 128 valence electrons. The lowest BCUT2D eigenvalue weighted by Gasteiger charge is -2.36. The van der Waals surface area contributed by atoms with Gasteiger partial charge in [-0.25, -0.2) is 13.2 Å². The lowest BCUT2D eigenvalue weighted by molar-refractivity contribution is 0.0250. The zero-order valence-electron chi connectivity index (χ0n) is 12.7. The average molecular weight is 362 g/mol. The van der Waals surface area contributed by atoms with Crippen LogP contribution in [0.3, 0.4) is 0 Å². The quantitative estimate of drug-likeness (QED) is 0.786. The Hall–Kier alpha value is -1.31. The molecule has 0 aliphatic carbocycles. The number of nitrogens with one attached hydrogen (secondary N) is 1. The second-order valence-electron chi connectivity index (χ2n) is 5.71. The maximum absolute atomic E-state index is 11.8. The molecule has 6 nitrogen and oxygen atoms in total. The van der Waals surface area contributed by atoms with Gasteiger partial charge in [-0.15, -0.1) is 0 Å². The van der Waals surface area contributed by atoms with E-state index in [4.69, 9.17) is 20.2 Å². The molecule has 0 saturated carbocycles. The molecule has 23 heavy (non-hydrogen) atoms. The first-order valence-corrected chi connectivity index (χ1v) is 9.81. The van der Waals surface area contributed by atoms with Crippen LogP contribution in [0.1, 0.15) is 18.4 Å². The van der Waals surface area contributed by atoms with Crippen molar-refractivity contribution in [3.05, 3.63) is 35.9 Å². The normalized spacial score (nSPS) is 17.4. The van der Waals surface area contributed by atoms with Gasteiger partial charge in [0.1, 0.15) is 6.61 Å². The van der Waals surface area contributed by atoms with Crippen molar-refractivity contribution in [2.45, 2.75) is 19.4 Å². The summed E-state index contributed by atoms with van der Waals surface area (Å²) in [6, 6.07) is 9.31. The maximum Gasteiger partial charge on any atom is 0.407 e. The van der Waals surface area contributed by atoms with E-state index in [1.54, 1.807) is 0 Å². The molecule has 1 fully saturated rings. The Bertz CT molecular complexity index is 614. The highest BCUT2D eigenvalue weighted by Crippen LogP contribution is 2.32. The van der Waals surface area contributed by atoms with E-state index in [2.05, 4.69) is 5.32 Å². The average Bonchev–Trinajstić information content (AvgIpc) is 2.51. The van der Waals surface area contributed by atoms with Crippen LogP contribution in [0, 0.1) is 5.41 Å². The fourth-order valence-corrected chi connectivity index (χ4v) is 4.39. The Kier molecular flexibility index (Phi) is 6.26. The summed E-state index contributed by atoms with van der Waals surface area (Å²) >= 11 is 0. The fourth-order valence-electron chi connectivity index (χ4n) is 2.58. The highest BCUT2D eigenvalue weighted by Gasteiger charge is 2.37. The lowest BCUT2D eigenvalue weighted by Crippen LogP contribution is -2.45. The molecule has 1 N–H and O–H groups in total. The molecule has 1 aliphatic rings. The number of halogens is 1. The Morgan fingerprint density at radius 2 is 1.91 bits per heavy atom. The van der Waals surface area contributed by atoms with Crippen LogP contribution in [-0.2, 0) is 25.1 Å². The van der Waals surface area contributed by atoms with Crippen molar-refractivity contribution in [3.63, 3.8) is 0 Å².